The lowest BCUT2D eigenvalue weighted by Gasteiger charge is -2.28. The summed E-state index contributed by atoms with van der Waals surface area (Å²) >= 11 is 0. The highest BCUT2D eigenvalue weighted by Gasteiger charge is 2.35. The monoisotopic (exact) mass is 513 g/mol. The van der Waals surface area contributed by atoms with Gasteiger partial charge in [-0.1, -0.05) is 42.5 Å². The van der Waals surface area contributed by atoms with E-state index < -0.39 is 17.7 Å². The van der Waals surface area contributed by atoms with Crippen molar-refractivity contribution in [3.8, 4) is 11.8 Å². The number of amides is 2. The molecule has 2 heterocycles. The second kappa shape index (κ2) is 9.78. The average molecular weight is 514 g/mol. The van der Waals surface area contributed by atoms with E-state index in [9.17, 15) is 23.6 Å². The van der Waals surface area contributed by atoms with E-state index in [-0.39, 0.29) is 34.5 Å². The highest BCUT2D eigenvalue weighted by molar-refractivity contribution is 6.15. The standard InChI is InChI=1S/C28H21F2N5O3/c1-38-24-12-9-21(15-18(24)16-31)33-26(36)23-17-32-35-14-13-34(27(37)25(23)35)22-10-7-20(8-11-22)28(29,30)19-5-3-2-4-6-19/h2-12,15,17H,13-14H2,1H3,(H,33,36). The van der Waals surface area contributed by atoms with E-state index in [2.05, 4.69) is 10.4 Å². The number of rotatable bonds is 6. The minimum atomic E-state index is -3.19. The number of hydrogen-bond donors (Lipinski definition) is 1. The first-order chi connectivity index (χ1) is 18.3. The Labute approximate surface area is 216 Å². The third kappa shape index (κ3) is 4.35. The van der Waals surface area contributed by atoms with Gasteiger partial charge in [-0.25, -0.2) is 0 Å². The lowest BCUT2D eigenvalue weighted by Crippen LogP contribution is -2.41. The molecule has 4 aromatic rings. The zero-order chi connectivity index (χ0) is 26.9. The maximum atomic E-state index is 14.9. The maximum absolute atomic E-state index is 14.9. The molecule has 1 aromatic heterocycles. The summed E-state index contributed by atoms with van der Waals surface area (Å²) in [5.74, 6) is -3.88. The second-order valence-electron chi connectivity index (χ2n) is 8.56. The molecule has 10 heteroatoms. The topological polar surface area (TPSA) is 100 Å². The van der Waals surface area contributed by atoms with E-state index in [4.69, 9.17) is 4.74 Å². The van der Waals surface area contributed by atoms with Crippen LogP contribution >= 0.6 is 0 Å². The molecule has 8 nitrogen and oxygen atoms in total. The number of nitrogens with zero attached hydrogens (tertiary/aromatic N) is 4. The molecule has 38 heavy (non-hydrogen) atoms. The van der Waals surface area contributed by atoms with Crippen LogP contribution in [0.15, 0.2) is 79.0 Å². The molecule has 0 bridgehead atoms. The number of ether oxygens (including phenoxy) is 1. The number of methoxy groups -OCH3 is 1. The minimum Gasteiger partial charge on any atom is -0.495 e. The molecule has 0 aliphatic carbocycles. The molecule has 2 amide bonds. The molecule has 3 aromatic carbocycles. The van der Waals surface area contributed by atoms with Gasteiger partial charge >= 0.3 is 0 Å². The molecule has 1 aliphatic rings. The number of hydrogen-bond acceptors (Lipinski definition) is 5. The van der Waals surface area contributed by atoms with Gasteiger partial charge in [-0.15, -0.1) is 0 Å². The SMILES string of the molecule is COc1ccc(NC(=O)c2cnn3c2C(=O)N(c2ccc(C(F)(F)c4ccccc4)cc2)CC3)cc1C#N. The molecular formula is C28H21F2N5O3. The minimum absolute atomic E-state index is 0.0567. The summed E-state index contributed by atoms with van der Waals surface area (Å²) in [4.78, 5) is 27.9. The van der Waals surface area contributed by atoms with Gasteiger partial charge < -0.3 is 15.0 Å². The first kappa shape index (κ1) is 24.6. The van der Waals surface area contributed by atoms with Crippen molar-refractivity contribution in [1.82, 2.24) is 9.78 Å². The van der Waals surface area contributed by atoms with Gasteiger partial charge in [0.1, 0.15) is 17.5 Å². The number of carbonyl (C=O) groups excluding carboxylic acids is 2. The highest BCUT2D eigenvalue weighted by Crippen LogP contribution is 2.36. The van der Waals surface area contributed by atoms with E-state index in [1.54, 1.807) is 30.3 Å². The number of halogens is 2. The summed E-state index contributed by atoms with van der Waals surface area (Å²) in [6.45, 7) is 0.574. The molecule has 1 aliphatic heterocycles. The van der Waals surface area contributed by atoms with Gasteiger partial charge in [-0.3, -0.25) is 14.3 Å². The fourth-order valence-electron chi connectivity index (χ4n) is 4.35. The van der Waals surface area contributed by atoms with Crippen molar-refractivity contribution in [2.75, 3.05) is 23.9 Å². The van der Waals surface area contributed by atoms with Crippen molar-refractivity contribution >= 4 is 23.2 Å². The molecule has 190 valence electrons. The second-order valence-corrected chi connectivity index (χ2v) is 8.56. The van der Waals surface area contributed by atoms with Crippen LogP contribution in [-0.2, 0) is 12.5 Å². The van der Waals surface area contributed by atoms with Crippen molar-refractivity contribution in [1.29, 1.82) is 5.26 Å². The summed E-state index contributed by atoms with van der Waals surface area (Å²) in [5, 5.41) is 16.2. The molecule has 0 saturated carbocycles. The third-order valence-corrected chi connectivity index (χ3v) is 6.32. The number of nitriles is 1. The van der Waals surface area contributed by atoms with E-state index in [0.717, 1.165) is 0 Å². The summed E-state index contributed by atoms with van der Waals surface area (Å²) in [6, 6.07) is 19.6. The predicted octanol–water partition coefficient (Wildman–Crippen LogP) is 4.82. The van der Waals surface area contributed by atoms with Crippen LogP contribution in [0.2, 0.25) is 0 Å². The summed E-state index contributed by atoms with van der Waals surface area (Å²) < 4.78 is 36.5. The fraction of sp³-hybridized carbons (Fsp3) is 0.143. The summed E-state index contributed by atoms with van der Waals surface area (Å²) in [7, 11) is 1.44. The van der Waals surface area contributed by atoms with Crippen molar-refractivity contribution in [3.05, 3.63) is 107 Å². The Bertz CT molecular complexity index is 1560. The number of fused-ring (bicyclic) bond motifs is 1. The number of alkyl halides is 2. The quantitative estimate of drug-likeness (QED) is 0.399. The van der Waals surface area contributed by atoms with E-state index in [1.807, 2.05) is 6.07 Å². The molecule has 5 rings (SSSR count). The Morgan fingerprint density at radius 3 is 2.45 bits per heavy atom. The van der Waals surface area contributed by atoms with Crippen molar-refractivity contribution < 1.29 is 23.1 Å². The van der Waals surface area contributed by atoms with Crippen molar-refractivity contribution in [2.45, 2.75) is 12.5 Å². The molecule has 1 N–H and O–H groups in total. The fourth-order valence-corrected chi connectivity index (χ4v) is 4.35. The Kier molecular flexibility index (Phi) is 6.34. The van der Waals surface area contributed by atoms with Crippen LogP contribution in [0.25, 0.3) is 0 Å². The van der Waals surface area contributed by atoms with Gasteiger partial charge in [-0.2, -0.15) is 19.1 Å². The van der Waals surface area contributed by atoms with Gasteiger partial charge in [0.05, 0.1) is 31.0 Å². The molecule has 0 unspecified atom stereocenters. The number of benzene rings is 3. The zero-order valence-corrected chi connectivity index (χ0v) is 20.2. The lowest BCUT2D eigenvalue weighted by molar-refractivity contribution is 0.0428. The van der Waals surface area contributed by atoms with Gasteiger partial charge in [0.25, 0.3) is 17.7 Å². The molecule has 0 radical (unpaired) electrons. The summed E-state index contributed by atoms with van der Waals surface area (Å²) in [5.41, 5.74) is 0.838. The molecular weight excluding hydrogens is 492 g/mol. The number of nitrogens with one attached hydrogen (secondary N) is 1. The van der Waals surface area contributed by atoms with Gasteiger partial charge in [-0.05, 0) is 30.3 Å². The molecule has 0 atom stereocenters. The Morgan fingerprint density at radius 1 is 1.05 bits per heavy atom. The first-order valence-electron chi connectivity index (χ1n) is 11.6. The molecule has 0 saturated heterocycles. The van der Waals surface area contributed by atoms with Crippen LogP contribution in [0, 0.1) is 11.3 Å². The van der Waals surface area contributed by atoms with Crippen molar-refractivity contribution in [3.63, 3.8) is 0 Å². The van der Waals surface area contributed by atoms with Gasteiger partial charge in [0, 0.05) is 29.0 Å². The first-order valence-corrected chi connectivity index (χ1v) is 11.6. The normalized spacial score (nSPS) is 13.0. The zero-order valence-electron chi connectivity index (χ0n) is 20.2. The van der Waals surface area contributed by atoms with Crippen LogP contribution < -0.4 is 15.0 Å². The largest absolute Gasteiger partial charge is 0.495 e. The van der Waals surface area contributed by atoms with E-state index >= 15 is 0 Å². The van der Waals surface area contributed by atoms with E-state index in [1.165, 1.54) is 65.4 Å². The van der Waals surface area contributed by atoms with Crippen LogP contribution in [0.3, 0.4) is 0 Å². The van der Waals surface area contributed by atoms with Crippen LogP contribution in [-0.4, -0.2) is 35.2 Å². The van der Waals surface area contributed by atoms with Crippen LogP contribution in [0.4, 0.5) is 20.2 Å². The number of carbonyl (C=O) groups is 2. The van der Waals surface area contributed by atoms with Crippen LogP contribution in [0.1, 0.15) is 37.5 Å². The molecule has 0 fully saturated rings. The van der Waals surface area contributed by atoms with Crippen molar-refractivity contribution in [2.24, 2.45) is 0 Å². The predicted molar refractivity (Wildman–Crippen MR) is 135 cm³/mol. The third-order valence-electron chi connectivity index (χ3n) is 6.32. The lowest BCUT2D eigenvalue weighted by atomic mass is 10.00. The van der Waals surface area contributed by atoms with E-state index in [0.29, 0.717) is 23.7 Å². The Morgan fingerprint density at radius 2 is 1.76 bits per heavy atom. The smallest absolute Gasteiger partial charge is 0.298 e. The number of anilines is 2. The highest BCUT2D eigenvalue weighted by atomic mass is 19.3. The van der Waals surface area contributed by atoms with Gasteiger partial charge in [0.2, 0.25) is 0 Å². The number of aromatic nitrogens is 2. The Hall–Kier alpha value is -5.04. The molecule has 0 spiro atoms. The maximum Gasteiger partial charge on any atom is 0.298 e. The van der Waals surface area contributed by atoms with Gasteiger partial charge in [0.15, 0.2) is 0 Å². The van der Waals surface area contributed by atoms with Crippen LogP contribution in [0.5, 0.6) is 5.75 Å². The Balaban J connectivity index is 1.38. The average Bonchev–Trinajstić information content (AvgIpc) is 3.39. The summed E-state index contributed by atoms with van der Waals surface area (Å²) in [6.07, 6.45) is 1.31.